The predicted octanol–water partition coefficient (Wildman–Crippen LogP) is 2.74. The summed E-state index contributed by atoms with van der Waals surface area (Å²) in [6.45, 7) is 10.0. The lowest BCUT2D eigenvalue weighted by molar-refractivity contribution is -0.120. The maximum atomic E-state index is 14.2. The van der Waals surface area contributed by atoms with Gasteiger partial charge in [-0.15, -0.1) is 0 Å². The number of ether oxygens (including phenoxy) is 3. The molecule has 1 fully saturated rings. The number of aliphatic hydroxyl groups is 1. The number of nitrogen functional groups attached to an aromatic ring is 1. The normalized spacial score (nSPS) is 23.8. The van der Waals surface area contributed by atoms with E-state index >= 15 is 0 Å². The number of benzene rings is 1. The topological polar surface area (TPSA) is 277 Å². The summed E-state index contributed by atoms with van der Waals surface area (Å²) in [5.74, 6) is -2.36. The number of carbonyl (C=O) groups excluding carboxylic acids is 5. The molecule has 9 N–H and O–H groups in total. The van der Waals surface area contributed by atoms with E-state index in [0.717, 1.165) is 17.2 Å². The maximum absolute atomic E-state index is 14.2. The number of H-pyrrole nitrogens is 2. The molecular formula is C49H63N9O10. The van der Waals surface area contributed by atoms with Gasteiger partial charge in [-0.1, -0.05) is 50.3 Å². The fourth-order valence-electron chi connectivity index (χ4n) is 8.89. The van der Waals surface area contributed by atoms with E-state index in [1.54, 1.807) is 45.2 Å². The zero-order valence-corrected chi connectivity index (χ0v) is 39.4. The van der Waals surface area contributed by atoms with E-state index < -0.39 is 53.9 Å². The summed E-state index contributed by atoms with van der Waals surface area (Å²) in [5, 5.41) is 17.9. The van der Waals surface area contributed by atoms with E-state index in [2.05, 4.69) is 30.5 Å². The Morgan fingerprint density at radius 1 is 1.00 bits per heavy atom. The summed E-state index contributed by atoms with van der Waals surface area (Å²) >= 11 is 0. The van der Waals surface area contributed by atoms with Crippen molar-refractivity contribution in [3.8, 4) is 0 Å². The number of nitrogens with one attached hydrogen (secondary N) is 4. The van der Waals surface area contributed by atoms with Crippen molar-refractivity contribution in [2.45, 2.75) is 77.8 Å². The molecule has 0 saturated carbocycles. The van der Waals surface area contributed by atoms with E-state index in [1.165, 1.54) is 20.3 Å². The van der Waals surface area contributed by atoms with Gasteiger partial charge in [0.2, 0.25) is 17.5 Å². The van der Waals surface area contributed by atoms with Crippen LogP contribution in [-0.2, 0) is 41.4 Å². The van der Waals surface area contributed by atoms with Crippen LogP contribution in [-0.4, -0.2) is 137 Å². The molecule has 3 aromatic rings. The van der Waals surface area contributed by atoms with Gasteiger partial charge in [0.25, 0.3) is 17.4 Å². The number of aromatic amines is 2. The van der Waals surface area contributed by atoms with Gasteiger partial charge in [-0.2, -0.15) is 4.98 Å². The third kappa shape index (κ3) is 12.5. The highest BCUT2D eigenvalue weighted by molar-refractivity contribution is 6.23. The minimum absolute atomic E-state index is 0.0517. The van der Waals surface area contributed by atoms with Crippen LogP contribution >= 0.6 is 0 Å². The third-order valence-electron chi connectivity index (χ3n) is 12.7. The number of hydrogen-bond donors (Lipinski definition) is 7. The Morgan fingerprint density at radius 3 is 2.40 bits per heavy atom. The largest absolute Gasteiger partial charge is 0.439 e. The van der Waals surface area contributed by atoms with Gasteiger partial charge in [0.15, 0.2) is 6.10 Å². The van der Waals surface area contributed by atoms with Gasteiger partial charge >= 0.3 is 6.09 Å². The van der Waals surface area contributed by atoms with E-state index in [-0.39, 0.29) is 52.3 Å². The molecule has 1 saturated heterocycles. The Morgan fingerprint density at radius 2 is 1.72 bits per heavy atom. The van der Waals surface area contributed by atoms with E-state index in [1.807, 2.05) is 36.1 Å². The molecule has 3 amide bonds. The minimum Gasteiger partial charge on any atom is -0.439 e. The van der Waals surface area contributed by atoms with E-state index in [0.29, 0.717) is 80.7 Å². The highest BCUT2D eigenvalue weighted by Gasteiger charge is 2.34. The molecule has 2 bridgehead atoms. The van der Waals surface area contributed by atoms with Crippen LogP contribution in [0.2, 0.25) is 0 Å². The molecule has 6 rings (SSSR count). The van der Waals surface area contributed by atoms with Crippen molar-refractivity contribution < 1.29 is 43.3 Å². The number of anilines is 1. The Balaban J connectivity index is 1.09. The first-order valence-corrected chi connectivity index (χ1v) is 22.8. The van der Waals surface area contributed by atoms with Crippen molar-refractivity contribution in [2.24, 2.45) is 17.6 Å². The smallest absolute Gasteiger partial charge is 0.405 e. The van der Waals surface area contributed by atoms with Crippen LogP contribution in [0.3, 0.4) is 0 Å². The van der Waals surface area contributed by atoms with Crippen LogP contribution in [0, 0.1) is 11.8 Å². The summed E-state index contributed by atoms with van der Waals surface area (Å²) in [6.07, 6.45) is 6.51. The second kappa shape index (κ2) is 22.9. The van der Waals surface area contributed by atoms with Crippen LogP contribution in [0.15, 0.2) is 93.8 Å². The number of nitrogens with two attached hydrogens (primary N) is 2. The number of aliphatic hydroxyl groups excluding tert-OH is 1. The van der Waals surface area contributed by atoms with Gasteiger partial charge in [0, 0.05) is 88.4 Å². The number of fused-ring (bicyclic) bond motifs is 3. The summed E-state index contributed by atoms with van der Waals surface area (Å²) in [4.78, 5) is 92.9. The lowest BCUT2D eigenvalue weighted by Crippen LogP contribution is -2.50. The SMILES string of the molecule is CO[C@H]1C=CC=C(C)C(=O)NC2=CC(=O)C(NCCN3CCN(C(=O)c4ccc(CCc5c[nH]c6[nH]c(N)nc(=O)c56)cc4)CC3)=C(C[C@@H](C)C[C@H](OC)[C@@H](O)[C@@H](C)C=C(C)[C@@H]1OC(N)=O)C2=O. The molecular weight excluding hydrogens is 875 g/mol. The van der Waals surface area contributed by atoms with Gasteiger partial charge in [0.05, 0.1) is 29.0 Å². The molecule has 0 spiro atoms. The number of nitrogens with zero attached hydrogens (tertiary/aromatic N) is 3. The zero-order chi connectivity index (χ0) is 49.2. The fourth-order valence-corrected chi connectivity index (χ4v) is 8.89. The minimum atomic E-state index is -1.02. The second-order valence-electron chi connectivity index (χ2n) is 17.7. The van der Waals surface area contributed by atoms with Gasteiger partial charge in [-0.25, -0.2) is 4.79 Å². The predicted molar refractivity (Wildman–Crippen MR) is 255 cm³/mol. The van der Waals surface area contributed by atoms with Crippen LogP contribution in [0.4, 0.5) is 10.7 Å². The molecule has 1 aromatic carbocycles. The van der Waals surface area contributed by atoms with Crippen molar-refractivity contribution in [2.75, 3.05) is 59.2 Å². The Labute approximate surface area is 394 Å². The van der Waals surface area contributed by atoms with Crippen molar-refractivity contribution in [1.82, 2.24) is 35.4 Å². The number of amides is 3. The molecule has 0 radical (unpaired) electrons. The molecule has 364 valence electrons. The van der Waals surface area contributed by atoms with Crippen molar-refractivity contribution >= 4 is 46.5 Å². The van der Waals surface area contributed by atoms with Crippen LogP contribution < -0.4 is 27.7 Å². The van der Waals surface area contributed by atoms with Crippen LogP contribution in [0.5, 0.6) is 0 Å². The molecule has 19 heteroatoms. The molecule has 6 atom stereocenters. The van der Waals surface area contributed by atoms with Crippen molar-refractivity contribution in [3.63, 3.8) is 0 Å². The lowest BCUT2D eigenvalue weighted by Gasteiger charge is -2.35. The first-order chi connectivity index (χ1) is 32.5. The van der Waals surface area contributed by atoms with Gasteiger partial charge in [-0.3, -0.25) is 28.9 Å². The van der Waals surface area contributed by atoms with Gasteiger partial charge < -0.3 is 56.3 Å². The molecule has 19 nitrogen and oxygen atoms in total. The average Bonchev–Trinajstić information content (AvgIpc) is 3.73. The number of aromatic nitrogens is 3. The second-order valence-corrected chi connectivity index (χ2v) is 17.7. The van der Waals surface area contributed by atoms with Crippen LogP contribution in [0.1, 0.15) is 62.0 Å². The number of piperazine rings is 1. The summed E-state index contributed by atoms with van der Waals surface area (Å²) in [6, 6.07) is 7.49. The molecule has 4 heterocycles. The third-order valence-corrected chi connectivity index (χ3v) is 12.7. The van der Waals surface area contributed by atoms with Crippen LogP contribution in [0.25, 0.3) is 11.0 Å². The number of rotatable bonds is 11. The number of ketones is 2. The Bertz CT molecular complexity index is 2580. The molecule has 3 aliphatic rings. The molecule has 0 unspecified atom stereocenters. The fraction of sp³-hybridized carbons (Fsp3) is 0.449. The number of aryl methyl sites for hydroxylation is 2. The Kier molecular flexibility index (Phi) is 17.1. The first kappa shape index (κ1) is 50.7. The number of methoxy groups -OCH3 is 2. The quantitative estimate of drug-likeness (QED) is 0.108. The molecule has 2 aliphatic heterocycles. The number of Topliss-reactive ketones (excluding diaryl/α,β-unsaturated/α-hetero) is 1. The average molecular weight is 938 g/mol. The number of allylic oxidation sites excluding steroid dienone is 4. The molecule has 2 aromatic heterocycles. The number of carbonyl (C=O) groups is 5. The highest BCUT2D eigenvalue weighted by Crippen LogP contribution is 2.29. The molecule has 1 aliphatic carbocycles. The summed E-state index contributed by atoms with van der Waals surface area (Å²) in [5.41, 5.74) is 14.6. The zero-order valence-electron chi connectivity index (χ0n) is 39.4. The summed E-state index contributed by atoms with van der Waals surface area (Å²) < 4.78 is 16.8. The first-order valence-electron chi connectivity index (χ1n) is 22.8. The highest BCUT2D eigenvalue weighted by atomic mass is 16.6. The maximum Gasteiger partial charge on any atom is 0.405 e. The lowest BCUT2D eigenvalue weighted by atomic mass is 9.85. The van der Waals surface area contributed by atoms with E-state index in [9.17, 15) is 33.9 Å². The van der Waals surface area contributed by atoms with E-state index in [4.69, 9.17) is 25.7 Å². The summed E-state index contributed by atoms with van der Waals surface area (Å²) in [7, 11) is 2.92. The standard InChI is InChI=1S/C49H63N9O10/c1-27-22-34-40(52-16-17-57-18-20-58(21-19-57)47(64)32-13-10-31(11-14-32)12-15-33-26-53-44-39(33)46(63)56-48(50)55-44)36(59)25-35(42(34)61)54-45(62)28(2)8-7-9-37(66-5)43(68-49(51)65)30(4)24-29(3)41(60)38(23-27)67-6/h7-11,13-14,24-27,29,37-38,41,43,52,60H,12,15-23H2,1-6H3,(H2,51,65)(H,54,62)(H4,50,53,55,56,63)/t27-,29+,37+,38+,41+,43+/m1/s1. The van der Waals surface area contributed by atoms with Gasteiger partial charge in [-0.05, 0) is 74.3 Å². The van der Waals surface area contributed by atoms with Crippen molar-refractivity contribution in [1.29, 1.82) is 0 Å². The monoisotopic (exact) mass is 937 g/mol. The van der Waals surface area contributed by atoms with Crippen molar-refractivity contribution in [3.05, 3.63) is 116 Å². The number of primary amides is 1. The Hall–Kier alpha value is -6.67. The molecule has 68 heavy (non-hydrogen) atoms. The number of hydrogen-bond acceptors (Lipinski definition) is 14. The van der Waals surface area contributed by atoms with Gasteiger partial charge in [0.1, 0.15) is 11.8 Å².